The van der Waals surface area contributed by atoms with Crippen molar-refractivity contribution >= 4 is 5.91 Å². The van der Waals surface area contributed by atoms with Gasteiger partial charge in [0.1, 0.15) is 0 Å². The molecule has 0 spiro atoms. The molecule has 2 rings (SSSR count). The van der Waals surface area contributed by atoms with E-state index in [1.165, 1.54) is 5.56 Å². The van der Waals surface area contributed by atoms with Gasteiger partial charge in [-0.15, -0.1) is 0 Å². The molecule has 1 atom stereocenters. The van der Waals surface area contributed by atoms with Crippen LogP contribution in [0.25, 0.3) is 0 Å². The normalized spacial score (nSPS) is 18.1. The lowest BCUT2D eigenvalue weighted by molar-refractivity contribution is -0.135. The maximum absolute atomic E-state index is 12.6. The topological polar surface area (TPSA) is 61.4 Å². The molecule has 116 valence electrons. The lowest BCUT2D eigenvalue weighted by Crippen LogP contribution is -2.64. The fourth-order valence-electron chi connectivity index (χ4n) is 2.87. The summed E-state index contributed by atoms with van der Waals surface area (Å²) in [4.78, 5) is 12.6. The fourth-order valence-corrected chi connectivity index (χ4v) is 2.87. The van der Waals surface area contributed by atoms with Crippen molar-refractivity contribution in [1.82, 2.24) is 10.6 Å². The third-order valence-electron chi connectivity index (χ3n) is 4.11. The number of benzene rings is 1. The van der Waals surface area contributed by atoms with Crippen molar-refractivity contribution in [2.75, 3.05) is 19.7 Å². The van der Waals surface area contributed by atoms with Crippen molar-refractivity contribution in [1.29, 1.82) is 0 Å². The number of aliphatic hydroxyl groups is 1. The Hall–Kier alpha value is -1.39. The van der Waals surface area contributed by atoms with Gasteiger partial charge in [-0.3, -0.25) is 4.79 Å². The molecule has 0 bridgehead atoms. The van der Waals surface area contributed by atoms with Gasteiger partial charge in [-0.2, -0.15) is 0 Å². The minimum Gasteiger partial charge on any atom is -0.394 e. The molecule has 1 amide bonds. The van der Waals surface area contributed by atoms with Crippen LogP contribution in [0.2, 0.25) is 0 Å². The van der Waals surface area contributed by atoms with Crippen molar-refractivity contribution in [3.8, 4) is 0 Å². The van der Waals surface area contributed by atoms with Gasteiger partial charge in [0.15, 0.2) is 0 Å². The number of aliphatic hydroxyl groups excluding tert-OH is 1. The molecular weight excluding hydrogens is 264 g/mol. The second-order valence-corrected chi connectivity index (χ2v) is 6.53. The molecule has 1 aliphatic rings. The van der Waals surface area contributed by atoms with Crippen LogP contribution in [0.1, 0.15) is 25.8 Å². The minimum atomic E-state index is -0.369. The summed E-state index contributed by atoms with van der Waals surface area (Å²) in [6.07, 6.45) is 1.55. The van der Waals surface area contributed by atoms with Crippen LogP contribution in [0.3, 0.4) is 0 Å². The van der Waals surface area contributed by atoms with Gasteiger partial charge in [-0.1, -0.05) is 44.2 Å². The van der Waals surface area contributed by atoms with Gasteiger partial charge in [0, 0.05) is 13.1 Å². The minimum absolute atomic E-state index is 0.00122. The van der Waals surface area contributed by atoms with Gasteiger partial charge >= 0.3 is 0 Å². The molecule has 0 aliphatic carbocycles. The van der Waals surface area contributed by atoms with E-state index in [2.05, 4.69) is 36.6 Å². The number of nitrogens with one attached hydrogen (secondary N) is 2. The first-order valence-electron chi connectivity index (χ1n) is 7.72. The van der Waals surface area contributed by atoms with Crippen LogP contribution in [-0.4, -0.2) is 36.8 Å². The zero-order valence-corrected chi connectivity index (χ0v) is 12.9. The first-order chi connectivity index (χ1) is 10.1. The molecule has 21 heavy (non-hydrogen) atoms. The highest BCUT2D eigenvalue weighted by molar-refractivity contribution is 5.85. The van der Waals surface area contributed by atoms with E-state index in [1.54, 1.807) is 0 Å². The first kappa shape index (κ1) is 16.0. The van der Waals surface area contributed by atoms with Crippen molar-refractivity contribution in [3.05, 3.63) is 35.9 Å². The number of hydrogen-bond donors (Lipinski definition) is 3. The lowest BCUT2D eigenvalue weighted by Gasteiger charge is -2.42. The van der Waals surface area contributed by atoms with Crippen LogP contribution < -0.4 is 10.6 Å². The van der Waals surface area contributed by atoms with Gasteiger partial charge in [0.25, 0.3) is 0 Å². The van der Waals surface area contributed by atoms with E-state index in [9.17, 15) is 9.90 Å². The monoisotopic (exact) mass is 290 g/mol. The second-order valence-electron chi connectivity index (χ2n) is 6.53. The Morgan fingerprint density at radius 3 is 2.48 bits per heavy atom. The van der Waals surface area contributed by atoms with Gasteiger partial charge in [0.05, 0.1) is 18.1 Å². The van der Waals surface area contributed by atoms with Crippen molar-refractivity contribution in [2.24, 2.45) is 11.3 Å². The van der Waals surface area contributed by atoms with E-state index in [0.717, 1.165) is 12.8 Å². The van der Waals surface area contributed by atoms with Crippen molar-refractivity contribution in [2.45, 2.75) is 32.7 Å². The number of carbonyl (C=O) groups is 1. The van der Waals surface area contributed by atoms with E-state index >= 15 is 0 Å². The highest BCUT2D eigenvalue weighted by Crippen LogP contribution is 2.28. The number of amides is 1. The molecule has 4 heteroatoms. The van der Waals surface area contributed by atoms with E-state index in [0.29, 0.717) is 19.0 Å². The molecule has 1 aromatic carbocycles. The molecule has 0 unspecified atom stereocenters. The van der Waals surface area contributed by atoms with Crippen molar-refractivity contribution in [3.63, 3.8) is 0 Å². The SMILES string of the molecule is CC(C)C[C@@H](CO)NC(=O)C1(Cc2ccccc2)CNC1. The predicted molar refractivity (Wildman–Crippen MR) is 83.9 cm³/mol. The summed E-state index contributed by atoms with van der Waals surface area (Å²) in [7, 11) is 0. The number of hydrogen-bond acceptors (Lipinski definition) is 3. The summed E-state index contributed by atoms with van der Waals surface area (Å²) < 4.78 is 0. The summed E-state index contributed by atoms with van der Waals surface area (Å²) in [5, 5.41) is 15.7. The molecular formula is C17H26N2O2. The Labute approximate surface area is 126 Å². The third-order valence-corrected chi connectivity index (χ3v) is 4.11. The molecule has 1 aromatic rings. The molecule has 1 aliphatic heterocycles. The van der Waals surface area contributed by atoms with Crippen LogP contribution in [0.4, 0.5) is 0 Å². The number of rotatable bonds is 7. The average molecular weight is 290 g/mol. The van der Waals surface area contributed by atoms with Crippen LogP contribution in [0, 0.1) is 11.3 Å². The summed E-state index contributed by atoms with van der Waals surface area (Å²) in [5.74, 6) is 0.511. The third kappa shape index (κ3) is 4.05. The fraction of sp³-hybridized carbons (Fsp3) is 0.588. The molecule has 3 N–H and O–H groups in total. The Morgan fingerprint density at radius 1 is 1.33 bits per heavy atom. The maximum atomic E-state index is 12.6. The highest BCUT2D eigenvalue weighted by Gasteiger charge is 2.44. The second kappa shape index (κ2) is 7.05. The molecule has 0 saturated carbocycles. The van der Waals surface area contributed by atoms with Crippen LogP contribution >= 0.6 is 0 Å². The summed E-state index contributed by atoms with van der Waals surface area (Å²) in [5.41, 5.74) is 0.810. The largest absolute Gasteiger partial charge is 0.394 e. The molecule has 1 saturated heterocycles. The van der Waals surface area contributed by atoms with Gasteiger partial charge < -0.3 is 15.7 Å². The smallest absolute Gasteiger partial charge is 0.229 e. The maximum Gasteiger partial charge on any atom is 0.229 e. The Kier molecular flexibility index (Phi) is 5.37. The summed E-state index contributed by atoms with van der Waals surface area (Å²) in [6.45, 7) is 5.60. The van der Waals surface area contributed by atoms with Crippen LogP contribution in [-0.2, 0) is 11.2 Å². The average Bonchev–Trinajstić information content (AvgIpc) is 2.42. The molecule has 1 heterocycles. The first-order valence-corrected chi connectivity index (χ1v) is 7.72. The van der Waals surface area contributed by atoms with E-state index < -0.39 is 0 Å². The zero-order valence-electron chi connectivity index (χ0n) is 12.9. The Morgan fingerprint density at radius 2 is 2.00 bits per heavy atom. The molecule has 1 fully saturated rings. The quantitative estimate of drug-likeness (QED) is 0.710. The van der Waals surface area contributed by atoms with Gasteiger partial charge in [0.2, 0.25) is 5.91 Å². The van der Waals surface area contributed by atoms with E-state index in [-0.39, 0.29) is 24.0 Å². The zero-order chi connectivity index (χ0) is 15.3. The van der Waals surface area contributed by atoms with E-state index in [4.69, 9.17) is 0 Å². The predicted octanol–water partition coefficient (Wildman–Crippen LogP) is 1.34. The van der Waals surface area contributed by atoms with Crippen LogP contribution in [0.5, 0.6) is 0 Å². The summed E-state index contributed by atoms with van der Waals surface area (Å²) in [6, 6.07) is 9.96. The standard InChI is InChI=1S/C17H26N2O2/c1-13(2)8-15(10-20)19-16(21)17(11-18-12-17)9-14-6-4-3-5-7-14/h3-7,13,15,18,20H,8-12H2,1-2H3,(H,19,21)/t15-/m0/s1. The van der Waals surface area contributed by atoms with Gasteiger partial charge in [-0.25, -0.2) is 0 Å². The Bertz CT molecular complexity index is 455. The molecule has 4 nitrogen and oxygen atoms in total. The van der Waals surface area contributed by atoms with Crippen LogP contribution in [0.15, 0.2) is 30.3 Å². The van der Waals surface area contributed by atoms with E-state index in [1.807, 2.05) is 18.2 Å². The highest BCUT2D eigenvalue weighted by atomic mass is 16.3. The Balaban J connectivity index is 2.01. The van der Waals surface area contributed by atoms with Gasteiger partial charge in [-0.05, 0) is 24.3 Å². The molecule has 0 aromatic heterocycles. The lowest BCUT2D eigenvalue weighted by atomic mass is 9.75. The summed E-state index contributed by atoms with van der Waals surface area (Å²) >= 11 is 0. The molecule has 0 radical (unpaired) electrons. The van der Waals surface area contributed by atoms with Crippen molar-refractivity contribution < 1.29 is 9.90 Å². The number of carbonyl (C=O) groups excluding carboxylic acids is 1.